The van der Waals surface area contributed by atoms with Crippen molar-refractivity contribution in [3.8, 4) is 0 Å². The van der Waals surface area contributed by atoms with Gasteiger partial charge < -0.3 is 4.98 Å². The van der Waals surface area contributed by atoms with E-state index in [1.165, 1.54) is 5.56 Å². The van der Waals surface area contributed by atoms with Crippen LogP contribution < -0.4 is 5.43 Å². The molecule has 0 aliphatic rings. The van der Waals surface area contributed by atoms with E-state index in [-0.39, 0.29) is 6.86 Å². The Bertz CT molecular complexity index is 574. The monoisotopic (exact) mass is 247 g/mol. The number of hydrogen-bond acceptors (Lipinski definition) is 1. The molecule has 0 spiro atoms. The SMILES string of the molecule is CC.CCC(C)c1c[nH]c2cc(C)ccc2c1=O.[HH]. The molecule has 1 unspecified atom stereocenters. The van der Waals surface area contributed by atoms with Gasteiger partial charge in [0.25, 0.3) is 0 Å². The van der Waals surface area contributed by atoms with Crippen molar-refractivity contribution in [1.82, 2.24) is 4.98 Å². The molecule has 100 valence electrons. The summed E-state index contributed by atoms with van der Waals surface area (Å²) in [5.74, 6) is 0.314. The third kappa shape index (κ3) is 2.81. The second-order valence-corrected chi connectivity index (χ2v) is 4.43. The summed E-state index contributed by atoms with van der Waals surface area (Å²) in [6, 6.07) is 5.91. The maximum atomic E-state index is 12.2. The Morgan fingerprint density at radius 1 is 1.33 bits per heavy atom. The molecule has 18 heavy (non-hydrogen) atoms. The fraction of sp³-hybridized carbons (Fsp3) is 0.438. The highest BCUT2D eigenvalue weighted by molar-refractivity contribution is 5.79. The van der Waals surface area contributed by atoms with Crippen molar-refractivity contribution in [3.05, 3.63) is 45.7 Å². The smallest absolute Gasteiger partial charge is 0.192 e. The van der Waals surface area contributed by atoms with Crippen LogP contribution in [0, 0.1) is 6.92 Å². The molecule has 0 amide bonds. The fourth-order valence-corrected chi connectivity index (χ4v) is 1.94. The highest BCUT2D eigenvalue weighted by Gasteiger charge is 2.10. The Labute approximate surface area is 111 Å². The molecular formula is C16H25NO. The first-order valence-electron chi connectivity index (χ1n) is 6.75. The summed E-state index contributed by atoms with van der Waals surface area (Å²) < 4.78 is 0. The number of fused-ring (bicyclic) bond motifs is 1. The van der Waals surface area contributed by atoms with E-state index < -0.39 is 0 Å². The van der Waals surface area contributed by atoms with Crippen LogP contribution in [-0.2, 0) is 0 Å². The molecule has 0 fully saturated rings. The van der Waals surface area contributed by atoms with Crippen molar-refractivity contribution in [3.63, 3.8) is 0 Å². The Hall–Kier alpha value is -1.57. The number of aromatic nitrogens is 1. The minimum atomic E-state index is 0. The average Bonchev–Trinajstić information content (AvgIpc) is 2.40. The first kappa shape index (κ1) is 14.5. The molecule has 2 heteroatoms. The van der Waals surface area contributed by atoms with Gasteiger partial charge in [-0.2, -0.15) is 0 Å². The van der Waals surface area contributed by atoms with Crippen molar-refractivity contribution in [2.24, 2.45) is 0 Å². The van der Waals surface area contributed by atoms with Gasteiger partial charge in [0.05, 0.1) is 0 Å². The van der Waals surface area contributed by atoms with Gasteiger partial charge in [-0.1, -0.05) is 33.8 Å². The van der Waals surface area contributed by atoms with E-state index in [9.17, 15) is 4.79 Å². The summed E-state index contributed by atoms with van der Waals surface area (Å²) in [5.41, 5.74) is 3.15. The van der Waals surface area contributed by atoms with Crippen LogP contribution in [-0.4, -0.2) is 4.98 Å². The molecule has 1 atom stereocenters. The Balaban J connectivity index is 0.00000103. The van der Waals surface area contributed by atoms with Crippen molar-refractivity contribution >= 4 is 10.9 Å². The number of nitrogens with one attached hydrogen (secondary N) is 1. The summed E-state index contributed by atoms with van der Waals surface area (Å²) in [5, 5.41) is 0.795. The molecule has 1 aromatic heterocycles. The minimum absolute atomic E-state index is 0. The molecule has 0 saturated carbocycles. The van der Waals surface area contributed by atoms with Crippen molar-refractivity contribution in [1.29, 1.82) is 0 Å². The van der Waals surface area contributed by atoms with E-state index >= 15 is 0 Å². The summed E-state index contributed by atoms with van der Waals surface area (Å²) in [6.07, 6.45) is 2.85. The zero-order valence-corrected chi connectivity index (χ0v) is 12.0. The van der Waals surface area contributed by atoms with Crippen LogP contribution in [0.15, 0.2) is 29.2 Å². The first-order valence-corrected chi connectivity index (χ1v) is 6.75. The number of benzene rings is 1. The number of H-pyrrole nitrogens is 1. The Morgan fingerprint density at radius 3 is 2.61 bits per heavy atom. The number of rotatable bonds is 2. The maximum absolute atomic E-state index is 12.2. The second kappa shape index (κ2) is 6.39. The Morgan fingerprint density at radius 2 is 2.00 bits per heavy atom. The fourth-order valence-electron chi connectivity index (χ4n) is 1.94. The number of hydrogen-bond donors (Lipinski definition) is 1. The quantitative estimate of drug-likeness (QED) is 0.825. The molecule has 0 aliphatic carbocycles. The molecule has 2 aromatic rings. The number of pyridine rings is 1. The maximum Gasteiger partial charge on any atom is 0.192 e. The standard InChI is InChI=1S/C14H17NO.C2H6.H2/c1-4-10(3)12-8-15-13-7-9(2)5-6-11(13)14(12)16;1-2;/h5-8,10H,4H2,1-3H3,(H,15,16);1-2H3;1H. The van der Waals surface area contributed by atoms with Crippen LogP contribution in [0.3, 0.4) is 0 Å². The summed E-state index contributed by atoms with van der Waals surface area (Å²) in [4.78, 5) is 15.4. The molecule has 0 aliphatic heterocycles. The van der Waals surface area contributed by atoms with E-state index in [1.807, 2.05) is 45.2 Å². The zero-order chi connectivity index (χ0) is 13.7. The zero-order valence-electron chi connectivity index (χ0n) is 12.0. The molecular weight excluding hydrogens is 222 g/mol. The topological polar surface area (TPSA) is 32.9 Å². The molecule has 2 nitrogen and oxygen atoms in total. The van der Waals surface area contributed by atoms with Gasteiger partial charge in [-0.15, -0.1) is 0 Å². The molecule has 1 N–H and O–H groups in total. The van der Waals surface area contributed by atoms with Crippen LogP contribution >= 0.6 is 0 Å². The van der Waals surface area contributed by atoms with E-state index in [0.29, 0.717) is 5.92 Å². The van der Waals surface area contributed by atoms with Gasteiger partial charge in [0, 0.05) is 24.1 Å². The van der Waals surface area contributed by atoms with Crippen LogP contribution in [0.1, 0.15) is 52.6 Å². The third-order valence-electron chi connectivity index (χ3n) is 3.21. The molecule has 2 rings (SSSR count). The van der Waals surface area contributed by atoms with Crippen molar-refractivity contribution in [2.45, 2.75) is 47.0 Å². The van der Waals surface area contributed by atoms with Gasteiger partial charge in [0.2, 0.25) is 0 Å². The lowest BCUT2D eigenvalue weighted by Crippen LogP contribution is -2.12. The number of aromatic amines is 1. The van der Waals surface area contributed by atoms with Crippen LogP contribution in [0.2, 0.25) is 0 Å². The molecule has 1 heterocycles. The molecule has 0 radical (unpaired) electrons. The van der Waals surface area contributed by atoms with Gasteiger partial charge in [-0.25, -0.2) is 0 Å². The van der Waals surface area contributed by atoms with Gasteiger partial charge >= 0.3 is 0 Å². The van der Waals surface area contributed by atoms with Gasteiger partial charge in [-0.05, 0) is 37.0 Å². The number of aryl methyl sites for hydroxylation is 1. The summed E-state index contributed by atoms with van der Waals surface area (Å²) in [6.45, 7) is 10.2. The average molecular weight is 247 g/mol. The highest BCUT2D eigenvalue weighted by Crippen LogP contribution is 2.17. The van der Waals surface area contributed by atoms with Gasteiger partial charge in [0.15, 0.2) is 5.43 Å². The van der Waals surface area contributed by atoms with Gasteiger partial charge in [0.1, 0.15) is 0 Å². The molecule has 0 bridgehead atoms. The molecule has 0 saturated heterocycles. The lowest BCUT2D eigenvalue weighted by atomic mass is 9.98. The predicted molar refractivity (Wildman–Crippen MR) is 81.5 cm³/mol. The largest absolute Gasteiger partial charge is 0.361 e. The second-order valence-electron chi connectivity index (χ2n) is 4.43. The van der Waals surface area contributed by atoms with E-state index in [1.54, 1.807) is 0 Å². The van der Waals surface area contributed by atoms with E-state index in [0.717, 1.165) is 22.9 Å². The van der Waals surface area contributed by atoms with Gasteiger partial charge in [-0.3, -0.25) is 4.79 Å². The van der Waals surface area contributed by atoms with Crippen LogP contribution in [0.4, 0.5) is 0 Å². The van der Waals surface area contributed by atoms with Crippen molar-refractivity contribution in [2.75, 3.05) is 0 Å². The Kier molecular flexibility index (Phi) is 5.14. The van der Waals surface area contributed by atoms with Crippen LogP contribution in [0.5, 0.6) is 0 Å². The van der Waals surface area contributed by atoms with E-state index in [2.05, 4.69) is 18.8 Å². The summed E-state index contributed by atoms with van der Waals surface area (Å²) >= 11 is 0. The lowest BCUT2D eigenvalue weighted by molar-refractivity contribution is 0.726. The normalized spacial score (nSPS) is 11.8. The minimum Gasteiger partial charge on any atom is -0.361 e. The van der Waals surface area contributed by atoms with Crippen LogP contribution in [0.25, 0.3) is 10.9 Å². The van der Waals surface area contributed by atoms with Crippen molar-refractivity contribution < 1.29 is 1.43 Å². The first-order chi connectivity index (χ1) is 8.63. The van der Waals surface area contributed by atoms with E-state index in [4.69, 9.17) is 0 Å². The lowest BCUT2D eigenvalue weighted by Gasteiger charge is -2.09. The molecule has 1 aromatic carbocycles. The predicted octanol–water partition coefficient (Wildman–Crippen LogP) is 4.62. The third-order valence-corrected chi connectivity index (χ3v) is 3.21. The highest BCUT2D eigenvalue weighted by atomic mass is 16.1. The summed E-state index contributed by atoms with van der Waals surface area (Å²) in [7, 11) is 0.